The molecule has 0 aliphatic rings. The van der Waals surface area contributed by atoms with Crippen molar-refractivity contribution in [3.8, 4) is 6.07 Å². The molecule has 1 N–H and O–H groups in total. The number of rotatable bonds is 2. The Morgan fingerprint density at radius 2 is 1.95 bits per heavy atom. The molecule has 0 unspecified atom stereocenters. The molecule has 0 aromatic heterocycles. The van der Waals surface area contributed by atoms with Crippen LogP contribution in [0.4, 0.5) is 20.2 Å². The molecular formula is C14H9BrF2N2. The Morgan fingerprint density at radius 1 is 1.21 bits per heavy atom. The second-order valence-electron chi connectivity index (χ2n) is 3.96. The molecule has 0 atom stereocenters. The molecule has 2 nitrogen and oxygen atoms in total. The third-order valence-corrected chi connectivity index (χ3v) is 3.46. The third kappa shape index (κ3) is 2.59. The molecule has 0 saturated carbocycles. The van der Waals surface area contributed by atoms with Gasteiger partial charge in [-0.3, -0.25) is 0 Å². The van der Waals surface area contributed by atoms with E-state index in [2.05, 4.69) is 21.2 Å². The Kier molecular flexibility index (Phi) is 3.82. The predicted octanol–water partition coefficient (Wildman–Crippen LogP) is 4.65. The van der Waals surface area contributed by atoms with Crippen LogP contribution in [-0.2, 0) is 0 Å². The quantitative estimate of drug-likeness (QED) is 0.873. The van der Waals surface area contributed by atoms with Crippen LogP contribution in [0.5, 0.6) is 0 Å². The second kappa shape index (κ2) is 5.37. The fraction of sp³-hybridized carbons (Fsp3) is 0.0714. The summed E-state index contributed by atoms with van der Waals surface area (Å²) >= 11 is 3.01. The molecule has 0 aliphatic heterocycles. The van der Waals surface area contributed by atoms with Crippen molar-refractivity contribution in [2.45, 2.75) is 6.92 Å². The molecule has 2 rings (SSSR count). The van der Waals surface area contributed by atoms with Crippen molar-refractivity contribution in [2.24, 2.45) is 0 Å². The van der Waals surface area contributed by atoms with Gasteiger partial charge in [0.25, 0.3) is 0 Å². The highest BCUT2D eigenvalue weighted by atomic mass is 79.9. The lowest BCUT2D eigenvalue weighted by atomic mass is 10.1. The van der Waals surface area contributed by atoms with Gasteiger partial charge in [-0.15, -0.1) is 0 Å². The summed E-state index contributed by atoms with van der Waals surface area (Å²) in [6, 6.07) is 9.34. The topological polar surface area (TPSA) is 35.8 Å². The van der Waals surface area contributed by atoms with Gasteiger partial charge < -0.3 is 5.32 Å². The van der Waals surface area contributed by atoms with Gasteiger partial charge in [0.1, 0.15) is 11.9 Å². The minimum absolute atomic E-state index is 0.0639. The van der Waals surface area contributed by atoms with Crippen molar-refractivity contribution >= 4 is 27.3 Å². The third-order valence-electron chi connectivity index (χ3n) is 2.68. The van der Waals surface area contributed by atoms with E-state index in [1.807, 2.05) is 6.07 Å². The SMILES string of the molecule is Cc1cccc(F)c1Nc1ccc(C#N)c(Br)c1F. The first kappa shape index (κ1) is 13.5. The highest BCUT2D eigenvalue weighted by Crippen LogP contribution is 2.30. The number of nitrogens with one attached hydrogen (secondary N) is 1. The standard InChI is InChI=1S/C14H9BrF2N2/c1-8-3-2-4-10(16)14(8)19-11-6-5-9(7-18)12(15)13(11)17/h2-6,19H,1H3. The van der Waals surface area contributed by atoms with E-state index >= 15 is 0 Å². The lowest BCUT2D eigenvalue weighted by molar-refractivity contribution is 0.620. The monoisotopic (exact) mass is 322 g/mol. The lowest BCUT2D eigenvalue weighted by Gasteiger charge is -2.12. The van der Waals surface area contributed by atoms with E-state index in [1.165, 1.54) is 18.2 Å². The number of halogens is 3. The van der Waals surface area contributed by atoms with Crippen LogP contribution in [0.1, 0.15) is 11.1 Å². The average molecular weight is 323 g/mol. The van der Waals surface area contributed by atoms with Crippen LogP contribution < -0.4 is 5.32 Å². The highest BCUT2D eigenvalue weighted by Gasteiger charge is 2.13. The first-order valence-corrected chi connectivity index (χ1v) is 6.24. The molecule has 0 saturated heterocycles. The molecule has 5 heteroatoms. The van der Waals surface area contributed by atoms with Gasteiger partial charge in [-0.25, -0.2) is 8.78 Å². The van der Waals surface area contributed by atoms with Gasteiger partial charge in [-0.1, -0.05) is 12.1 Å². The average Bonchev–Trinajstić information content (AvgIpc) is 2.39. The number of anilines is 2. The normalized spacial score (nSPS) is 10.1. The molecule has 96 valence electrons. The van der Waals surface area contributed by atoms with Crippen LogP contribution in [0, 0.1) is 29.9 Å². The summed E-state index contributed by atoms with van der Waals surface area (Å²) in [7, 11) is 0. The number of aryl methyl sites for hydroxylation is 1. The largest absolute Gasteiger partial charge is 0.350 e. The highest BCUT2D eigenvalue weighted by molar-refractivity contribution is 9.10. The first-order chi connectivity index (χ1) is 9.04. The Morgan fingerprint density at radius 3 is 2.58 bits per heavy atom. The number of hydrogen-bond donors (Lipinski definition) is 1. The maximum absolute atomic E-state index is 14.0. The Hall–Kier alpha value is -1.93. The summed E-state index contributed by atoms with van der Waals surface area (Å²) < 4.78 is 27.7. The summed E-state index contributed by atoms with van der Waals surface area (Å²) in [6.07, 6.45) is 0. The van der Waals surface area contributed by atoms with Crippen molar-refractivity contribution in [2.75, 3.05) is 5.32 Å². The smallest absolute Gasteiger partial charge is 0.162 e. The first-order valence-electron chi connectivity index (χ1n) is 5.45. The van der Waals surface area contributed by atoms with E-state index in [0.717, 1.165) is 0 Å². The predicted molar refractivity (Wildman–Crippen MR) is 73.2 cm³/mol. The molecule has 2 aromatic carbocycles. The van der Waals surface area contributed by atoms with Gasteiger partial charge in [0.15, 0.2) is 5.82 Å². The molecule has 0 aliphatic carbocycles. The molecule has 19 heavy (non-hydrogen) atoms. The van der Waals surface area contributed by atoms with E-state index in [9.17, 15) is 8.78 Å². The molecule has 0 heterocycles. The Balaban J connectivity index is 2.46. The summed E-state index contributed by atoms with van der Waals surface area (Å²) in [5.41, 5.74) is 1.19. The minimum Gasteiger partial charge on any atom is -0.350 e. The number of hydrogen-bond acceptors (Lipinski definition) is 2. The number of nitrogens with zero attached hydrogens (tertiary/aromatic N) is 1. The lowest BCUT2D eigenvalue weighted by Crippen LogP contribution is -2.00. The summed E-state index contributed by atoms with van der Waals surface area (Å²) in [6.45, 7) is 1.72. The molecular weight excluding hydrogens is 314 g/mol. The van der Waals surface area contributed by atoms with Crippen LogP contribution in [0.25, 0.3) is 0 Å². The summed E-state index contributed by atoms with van der Waals surface area (Å²) in [4.78, 5) is 0. The maximum atomic E-state index is 14.0. The van der Waals surface area contributed by atoms with Gasteiger partial charge in [0, 0.05) is 0 Å². The van der Waals surface area contributed by atoms with Gasteiger partial charge in [-0.05, 0) is 46.6 Å². The molecule has 2 aromatic rings. The van der Waals surface area contributed by atoms with Crippen LogP contribution >= 0.6 is 15.9 Å². The van der Waals surface area contributed by atoms with Crippen LogP contribution in [0.15, 0.2) is 34.8 Å². The van der Waals surface area contributed by atoms with Crippen LogP contribution in [-0.4, -0.2) is 0 Å². The minimum atomic E-state index is -0.623. The van der Waals surface area contributed by atoms with Crippen molar-refractivity contribution < 1.29 is 8.78 Å². The molecule has 0 bridgehead atoms. The van der Waals surface area contributed by atoms with Gasteiger partial charge in [0.05, 0.1) is 21.4 Å². The zero-order chi connectivity index (χ0) is 14.0. The van der Waals surface area contributed by atoms with E-state index < -0.39 is 11.6 Å². The van der Waals surface area contributed by atoms with E-state index in [4.69, 9.17) is 5.26 Å². The zero-order valence-electron chi connectivity index (χ0n) is 9.97. The van der Waals surface area contributed by atoms with Crippen LogP contribution in [0.3, 0.4) is 0 Å². The molecule has 0 amide bonds. The fourth-order valence-corrected chi connectivity index (χ4v) is 2.09. The van der Waals surface area contributed by atoms with Crippen molar-refractivity contribution in [3.63, 3.8) is 0 Å². The fourth-order valence-electron chi connectivity index (χ4n) is 1.66. The molecule has 0 radical (unpaired) electrons. The zero-order valence-corrected chi connectivity index (χ0v) is 11.6. The van der Waals surface area contributed by atoms with Gasteiger partial charge >= 0.3 is 0 Å². The van der Waals surface area contributed by atoms with Crippen molar-refractivity contribution in [3.05, 3.63) is 57.6 Å². The van der Waals surface area contributed by atoms with Gasteiger partial charge in [0.2, 0.25) is 0 Å². The molecule has 0 fully saturated rings. The van der Waals surface area contributed by atoms with Crippen molar-refractivity contribution in [1.29, 1.82) is 5.26 Å². The van der Waals surface area contributed by atoms with E-state index in [-0.39, 0.29) is 21.4 Å². The second-order valence-corrected chi connectivity index (χ2v) is 4.75. The van der Waals surface area contributed by atoms with E-state index in [1.54, 1.807) is 19.1 Å². The van der Waals surface area contributed by atoms with Gasteiger partial charge in [-0.2, -0.15) is 5.26 Å². The number of para-hydroxylation sites is 1. The maximum Gasteiger partial charge on any atom is 0.162 e. The number of nitriles is 1. The van der Waals surface area contributed by atoms with Crippen molar-refractivity contribution in [1.82, 2.24) is 0 Å². The number of benzene rings is 2. The molecule has 0 spiro atoms. The summed E-state index contributed by atoms with van der Waals surface area (Å²) in [5.74, 6) is -1.08. The Labute approximate surface area is 117 Å². The van der Waals surface area contributed by atoms with Crippen LogP contribution in [0.2, 0.25) is 0 Å². The van der Waals surface area contributed by atoms with E-state index in [0.29, 0.717) is 5.56 Å². The summed E-state index contributed by atoms with van der Waals surface area (Å²) in [5, 5.41) is 11.5. The Bertz CT molecular complexity index is 658.